The zero-order chi connectivity index (χ0) is 17.9. The van der Waals surface area contributed by atoms with E-state index in [2.05, 4.69) is 15.6 Å². The first-order valence-electron chi connectivity index (χ1n) is 8.46. The van der Waals surface area contributed by atoms with Crippen LogP contribution in [0, 0.1) is 0 Å². The molecule has 0 aliphatic rings. The van der Waals surface area contributed by atoms with Crippen molar-refractivity contribution in [3.05, 3.63) is 11.9 Å². The third kappa shape index (κ3) is 8.16. The predicted molar refractivity (Wildman–Crippen MR) is 90.6 cm³/mol. The number of rotatable bonds is 13. The van der Waals surface area contributed by atoms with E-state index < -0.39 is 12.0 Å². The van der Waals surface area contributed by atoms with E-state index in [9.17, 15) is 9.59 Å². The van der Waals surface area contributed by atoms with E-state index in [-0.39, 0.29) is 11.8 Å². The topological polar surface area (TPSA) is 123 Å². The summed E-state index contributed by atoms with van der Waals surface area (Å²) in [5.74, 6) is -0.694. The largest absolute Gasteiger partial charge is 0.480 e. The molecule has 0 spiro atoms. The average molecular weight is 339 g/mol. The molecule has 0 aromatic carbocycles. The highest BCUT2D eigenvalue weighted by molar-refractivity contribution is 5.76. The molecule has 0 radical (unpaired) electrons. The zero-order valence-corrected chi connectivity index (χ0v) is 14.6. The van der Waals surface area contributed by atoms with Crippen LogP contribution in [0.1, 0.15) is 51.1 Å². The Kier molecular flexibility index (Phi) is 9.18. The van der Waals surface area contributed by atoms with Gasteiger partial charge >= 0.3 is 5.97 Å². The number of Topliss-reactive ketones (excluding diaryl/α,β-unsaturated/α-hetero) is 1. The summed E-state index contributed by atoms with van der Waals surface area (Å²) in [5, 5.41) is 19.9. The van der Waals surface area contributed by atoms with Crippen molar-refractivity contribution >= 4 is 11.8 Å². The number of likely N-dealkylation sites (N-methyl/N-ethyl adjacent to an activating group) is 1. The van der Waals surface area contributed by atoms with Crippen LogP contribution in [0.15, 0.2) is 6.20 Å². The molecule has 0 aliphatic heterocycles. The third-order valence-electron chi connectivity index (χ3n) is 3.92. The molecule has 0 bridgehead atoms. The van der Waals surface area contributed by atoms with E-state index in [1.807, 2.05) is 6.20 Å². The molecule has 0 fully saturated rings. The van der Waals surface area contributed by atoms with Gasteiger partial charge < -0.3 is 16.2 Å². The number of unbranched alkanes of at least 4 members (excludes halogenated alkanes) is 1. The standard InChI is InChI=1S/C16H29N5O3/c1-12(22)10-13(17)6-5-7-14-11-21(20-19-14)9-4-3-8-15(18-2)16(23)24/h11,13,15,18H,3-10,17H2,1-2H3,(H,23,24). The minimum absolute atomic E-state index is 0.0769. The molecule has 0 saturated carbocycles. The smallest absolute Gasteiger partial charge is 0.320 e. The Hall–Kier alpha value is -1.80. The molecule has 24 heavy (non-hydrogen) atoms. The van der Waals surface area contributed by atoms with Crippen LogP contribution in [-0.4, -0.2) is 51.0 Å². The summed E-state index contributed by atoms with van der Waals surface area (Å²) in [6.07, 6.45) is 7.10. The van der Waals surface area contributed by atoms with Gasteiger partial charge in [-0.2, -0.15) is 0 Å². The lowest BCUT2D eigenvalue weighted by Crippen LogP contribution is -2.33. The summed E-state index contributed by atoms with van der Waals surface area (Å²) >= 11 is 0. The Morgan fingerprint density at radius 1 is 1.33 bits per heavy atom. The van der Waals surface area contributed by atoms with Gasteiger partial charge in [-0.3, -0.25) is 14.3 Å². The molecule has 1 heterocycles. The molecule has 4 N–H and O–H groups in total. The minimum Gasteiger partial charge on any atom is -0.480 e. The molecule has 136 valence electrons. The SMILES string of the molecule is CNC(CCCCn1cc(CCCC(N)CC(C)=O)nn1)C(=O)O. The summed E-state index contributed by atoms with van der Waals surface area (Å²) in [7, 11) is 1.66. The third-order valence-corrected chi connectivity index (χ3v) is 3.92. The maximum absolute atomic E-state index is 11.0. The summed E-state index contributed by atoms with van der Waals surface area (Å²) in [5.41, 5.74) is 6.79. The van der Waals surface area contributed by atoms with Gasteiger partial charge in [-0.1, -0.05) is 5.21 Å². The van der Waals surface area contributed by atoms with Crippen molar-refractivity contribution in [2.24, 2.45) is 5.73 Å². The Morgan fingerprint density at radius 2 is 2.08 bits per heavy atom. The fourth-order valence-electron chi connectivity index (χ4n) is 2.59. The van der Waals surface area contributed by atoms with Crippen molar-refractivity contribution in [1.82, 2.24) is 20.3 Å². The second-order valence-corrected chi connectivity index (χ2v) is 6.21. The van der Waals surface area contributed by atoms with Crippen molar-refractivity contribution in [2.75, 3.05) is 7.05 Å². The highest BCUT2D eigenvalue weighted by Gasteiger charge is 2.13. The highest BCUT2D eigenvalue weighted by Crippen LogP contribution is 2.07. The summed E-state index contributed by atoms with van der Waals surface area (Å²) in [4.78, 5) is 21.9. The fourth-order valence-corrected chi connectivity index (χ4v) is 2.59. The van der Waals surface area contributed by atoms with Gasteiger partial charge in [0.05, 0.1) is 5.69 Å². The first-order valence-corrected chi connectivity index (χ1v) is 8.46. The zero-order valence-electron chi connectivity index (χ0n) is 14.6. The molecule has 0 saturated heterocycles. The van der Waals surface area contributed by atoms with Crippen molar-refractivity contribution in [3.63, 3.8) is 0 Å². The van der Waals surface area contributed by atoms with Gasteiger partial charge in [0, 0.05) is 25.2 Å². The number of carboxylic acid groups (broad SMARTS) is 1. The van der Waals surface area contributed by atoms with Gasteiger partial charge in [0.15, 0.2) is 0 Å². The van der Waals surface area contributed by atoms with Crippen molar-refractivity contribution in [2.45, 2.75) is 70.5 Å². The molecular formula is C16H29N5O3. The number of ketones is 1. The van der Waals surface area contributed by atoms with Crippen LogP contribution in [-0.2, 0) is 22.6 Å². The van der Waals surface area contributed by atoms with E-state index in [4.69, 9.17) is 10.8 Å². The lowest BCUT2D eigenvalue weighted by molar-refractivity contribution is -0.139. The monoisotopic (exact) mass is 339 g/mol. The highest BCUT2D eigenvalue weighted by atomic mass is 16.4. The van der Waals surface area contributed by atoms with Crippen molar-refractivity contribution in [3.8, 4) is 0 Å². The maximum Gasteiger partial charge on any atom is 0.320 e. The van der Waals surface area contributed by atoms with Gasteiger partial charge in [0.2, 0.25) is 0 Å². The summed E-state index contributed by atoms with van der Waals surface area (Å²) in [6.45, 7) is 2.29. The van der Waals surface area contributed by atoms with E-state index in [1.54, 1.807) is 18.7 Å². The van der Waals surface area contributed by atoms with E-state index in [1.165, 1.54) is 0 Å². The second kappa shape index (κ2) is 10.9. The molecule has 2 unspecified atom stereocenters. The molecule has 2 atom stereocenters. The number of aryl methyl sites for hydroxylation is 2. The molecule has 8 heteroatoms. The van der Waals surface area contributed by atoms with Gasteiger partial charge in [-0.25, -0.2) is 0 Å². The average Bonchev–Trinajstić information content (AvgIpc) is 2.94. The number of carbonyl (C=O) groups is 2. The Bertz CT molecular complexity index is 518. The Labute approximate surface area is 142 Å². The number of hydrogen-bond acceptors (Lipinski definition) is 6. The Morgan fingerprint density at radius 3 is 2.71 bits per heavy atom. The number of aliphatic carboxylic acids is 1. The van der Waals surface area contributed by atoms with Gasteiger partial charge in [0.25, 0.3) is 0 Å². The molecule has 0 aliphatic carbocycles. The fraction of sp³-hybridized carbons (Fsp3) is 0.750. The number of nitrogens with two attached hydrogens (primary N) is 1. The normalized spacial score (nSPS) is 13.6. The van der Waals surface area contributed by atoms with E-state index in [0.29, 0.717) is 12.8 Å². The quantitative estimate of drug-likeness (QED) is 0.453. The van der Waals surface area contributed by atoms with E-state index >= 15 is 0 Å². The second-order valence-electron chi connectivity index (χ2n) is 6.21. The van der Waals surface area contributed by atoms with Crippen LogP contribution >= 0.6 is 0 Å². The summed E-state index contributed by atoms with van der Waals surface area (Å²) in [6, 6.07) is -0.567. The Balaban J connectivity index is 2.21. The predicted octanol–water partition coefficient (Wildman–Crippen LogP) is 0.750. The molecule has 1 aromatic rings. The lowest BCUT2D eigenvalue weighted by Gasteiger charge is -2.10. The number of aromatic nitrogens is 3. The van der Waals surface area contributed by atoms with Crippen LogP contribution in [0.3, 0.4) is 0 Å². The number of nitrogens with one attached hydrogen (secondary N) is 1. The van der Waals surface area contributed by atoms with Crippen LogP contribution in [0.4, 0.5) is 0 Å². The van der Waals surface area contributed by atoms with Gasteiger partial charge in [-0.15, -0.1) is 5.10 Å². The molecule has 8 nitrogen and oxygen atoms in total. The van der Waals surface area contributed by atoms with Crippen LogP contribution in [0.2, 0.25) is 0 Å². The van der Waals surface area contributed by atoms with Gasteiger partial charge in [0.1, 0.15) is 11.8 Å². The van der Waals surface area contributed by atoms with E-state index in [0.717, 1.165) is 44.3 Å². The molecule has 1 rings (SSSR count). The number of hydrogen-bond donors (Lipinski definition) is 3. The van der Waals surface area contributed by atoms with Crippen molar-refractivity contribution < 1.29 is 14.7 Å². The van der Waals surface area contributed by atoms with Gasteiger partial charge in [-0.05, 0) is 52.5 Å². The number of nitrogens with zero attached hydrogens (tertiary/aromatic N) is 3. The number of carboxylic acids is 1. The maximum atomic E-state index is 11.0. The van der Waals surface area contributed by atoms with Crippen LogP contribution in [0.5, 0.6) is 0 Å². The van der Waals surface area contributed by atoms with Crippen LogP contribution in [0.25, 0.3) is 0 Å². The molecule has 1 aromatic heterocycles. The number of carbonyl (C=O) groups excluding carboxylic acids is 1. The minimum atomic E-state index is -0.816. The lowest BCUT2D eigenvalue weighted by atomic mass is 10.0. The first kappa shape index (κ1) is 20.2. The first-order chi connectivity index (χ1) is 11.4. The van der Waals surface area contributed by atoms with Crippen molar-refractivity contribution in [1.29, 1.82) is 0 Å². The van der Waals surface area contributed by atoms with Crippen LogP contribution < -0.4 is 11.1 Å². The molecule has 0 amide bonds. The summed E-state index contributed by atoms with van der Waals surface area (Å²) < 4.78 is 1.79. The molecular weight excluding hydrogens is 310 g/mol.